The molecule has 0 aliphatic carbocycles. The molecule has 0 bridgehead atoms. The van der Waals surface area contributed by atoms with Gasteiger partial charge in [-0.25, -0.2) is 4.79 Å². The van der Waals surface area contributed by atoms with Crippen LogP contribution in [-0.2, 0) is 0 Å². The van der Waals surface area contributed by atoms with Crippen LogP contribution >= 0.6 is 11.8 Å². The van der Waals surface area contributed by atoms with Crippen molar-refractivity contribution < 1.29 is 4.79 Å². The molecule has 2 amide bonds. The van der Waals surface area contributed by atoms with E-state index in [2.05, 4.69) is 5.32 Å². The number of carbonyl (C=O) groups excluding carboxylic acids is 1. The van der Waals surface area contributed by atoms with Crippen molar-refractivity contribution in [1.82, 2.24) is 4.90 Å². The number of urea groups is 1. The lowest BCUT2D eigenvalue weighted by molar-refractivity contribution is 0.230. The molecular formula is C10H14N2OS. The second-order valence-electron chi connectivity index (χ2n) is 3.02. The number of amides is 2. The van der Waals surface area contributed by atoms with E-state index in [1.165, 1.54) is 4.90 Å². The van der Waals surface area contributed by atoms with Crippen LogP contribution in [0.4, 0.5) is 10.5 Å². The fourth-order valence-corrected chi connectivity index (χ4v) is 1.53. The maximum Gasteiger partial charge on any atom is 0.321 e. The van der Waals surface area contributed by atoms with Gasteiger partial charge >= 0.3 is 6.03 Å². The van der Waals surface area contributed by atoms with Gasteiger partial charge in [-0.3, -0.25) is 0 Å². The molecule has 0 fully saturated rings. The van der Waals surface area contributed by atoms with Gasteiger partial charge in [-0.15, -0.1) is 11.8 Å². The Morgan fingerprint density at radius 1 is 1.36 bits per heavy atom. The Kier molecular flexibility index (Phi) is 3.83. The second kappa shape index (κ2) is 4.91. The van der Waals surface area contributed by atoms with E-state index < -0.39 is 0 Å². The lowest BCUT2D eigenvalue weighted by atomic mass is 10.3. The summed E-state index contributed by atoms with van der Waals surface area (Å²) in [5.74, 6) is 0. The first-order valence-electron chi connectivity index (χ1n) is 4.26. The zero-order chi connectivity index (χ0) is 10.6. The summed E-state index contributed by atoms with van der Waals surface area (Å²) in [6.07, 6.45) is 1.99. The van der Waals surface area contributed by atoms with Crippen LogP contribution in [0.25, 0.3) is 0 Å². The van der Waals surface area contributed by atoms with E-state index in [4.69, 9.17) is 0 Å². The number of nitrogens with one attached hydrogen (secondary N) is 1. The van der Waals surface area contributed by atoms with Crippen molar-refractivity contribution in [2.24, 2.45) is 0 Å². The van der Waals surface area contributed by atoms with E-state index in [9.17, 15) is 4.79 Å². The Morgan fingerprint density at radius 2 is 2.00 bits per heavy atom. The Hall–Kier alpha value is -1.16. The van der Waals surface area contributed by atoms with Gasteiger partial charge in [0.15, 0.2) is 0 Å². The molecular weight excluding hydrogens is 196 g/mol. The highest BCUT2D eigenvalue weighted by molar-refractivity contribution is 7.98. The fourth-order valence-electron chi connectivity index (χ4n) is 0.975. The molecule has 1 rings (SSSR count). The summed E-state index contributed by atoms with van der Waals surface area (Å²) in [5.41, 5.74) is 0.860. The average Bonchev–Trinajstić information content (AvgIpc) is 2.18. The van der Waals surface area contributed by atoms with Gasteiger partial charge in [0.05, 0.1) is 5.69 Å². The highest BCUT2D eigenvalue weighted by atomic mass is 32.2. The van der Waals surface area contributed by atoms with E-state index in [1.54, 1.807) is 25.9 Å². The van der Waals surface area contributed by atoms with Crippen molar-refractivity contribution in [1.29, 1.82) is 0 Å². The molecule has 0 radical (unpaired) electrons. The Labute approximate surface area is 88.5 Å². The molecule has 76 valence electrons. The van der Waals surface area contributed by atoms with Crippen LogP contribution in [0, 0.1) is 0 Å². The van der Waals surface area contributed by atoms with Gasteiger partial charge in [-0.05, 0) is 18.4 Å². The number of para-hydroxylation sites is 1. The number of carbonyl (C=O) groups is 1. The third-order valence-electron chi connectivity index (χ3n) is 1.75. The zero-order valence-electron chi connectivity index (χ0n) is 8.57. The highest BCUT2D eigenvalue weighted by Gasteiger charge is 2.06. The molecule has 0 unspecified atom stereocenters. The largest absolute Gasteiger partial charge is 0.331 e. The fraction of sp³-hybridized carbons (Fsp3) is 0.300. The minimum Gasteiger partial charge on any atom is -0.331 e. The van der Waals surface area contributed by atoms with E-state index in [0.717, 1.165) is 10.6 Å². The number of hydrogen-bond donors (Lipinski definition) is 1. The molecule has 0 atom stereocenters. The van der Waals surface area contributed by atoms with Crippen LogP contribution in [0.5, 0.6) is 0 Å². The van der Waals surface area contributed by atoms with Crippen molar-refractivity contribution in [3.8, 4) is 0 Å². The van der Waals surface area contributed by atoms with Gasteiger partial charge in [0, 0.05) is 19.0 Å². The highest BCUT2D eigenvalue weighted by Crippen LogP contribution is 2.24. The molecule has 0 aliphatic heterocycles. The van der Waals surface area contributed by atoms with Crippen LogP contribution in [0.3, 0.4) is 0 Å². The van der Waals surface area contributed by atoms with Gasteiger partial charge in [0.1, 0.15) is 0 Å². The number of anilines is 1. The molecule has 0 saturated carbocycles. The molecule has 0 spiro atoms. The lowest BCUT2D eigenvalue weighted by Crippen LogP contribution is -2.27. The predicted molar refractivity (Wildman–Crippen MR) is 60.9 cm³/mol. The number of rotatable bonds is 2. The van der Waals surface area contributed by atoms with E-state index >= 15 is 0 Å². The summed E-state index contributed by atoms with van der Waals surface area (Å²) < 4.78 is 0. The molecule has 1 aromatic carbocycles. The molecule has 1 aromatic rings. The first kappa shape index (κ1) is 10.9. The Bertz CT molecular complexity index is 326. The zero-order valence-corrected chi connectivity index (χ0v) is 9.39. The minimum absolute atomic E-state index is 0.105. The predicted octanol–water partition coefficient (Wildman–Crippen LogP) is 2.50. The maximum absolute atomic E-state index is 11.4. The average molecular weight is 210 g/mol. The maximum atomic E-state index is 11.4. The second-order valence-corrected chi connectivity index (χ2v) is 3.87. The summed E-state index contributed by atoms with van der Waals surface area (Å²) >= 11 is 1.62. The topological polar surface area (TPSA) is 32.3 Å². The monoisotopic (exact) mass is 210 g/mol. The van der Waals surface area contributed by atoms with Crippen LogP contribution in [-0.4, -0.2) is 31.3 Å². The normalized spacial score (nSPS) is 9.64. The summed E-state index contributed by atoms with van der Waals surface area (Å²) in [4.78, 5) is 14.0. The van der Waals surface area contributed by atoms with Crippen LogP contribution in [0.15, 0.2) is 29.2 Å². The van der Waals surface area contributed by atoms with E-state index in [1.807, 2.05) is 30.5 Å². The molecule has 0 aromatic heterocycles. The summed E-state index contributed by atoms with van der Waals surface area (Å²) in [6.45, 7) is 0. The Morgan fingerprint density at radius 3 is 2.57 bits per heavy atom. The molecule has 0 heterocycles. The summed E-state index contributed by atoms with van der Waals surface area (Å²) in [7, 11) is 3.44. The van der Waals surface area contributed by atoms with Crippen molar-refractivity contribution in [3.63, 3.8) is 0 Å². The standard InChI is InChI=1S/C10H14N2OS/c1-12(2)10(13)11-8-6-4-5-7-9(8)14-3/h4-7H,1-3H3,(H,11,13). The molecule has 0 aliphatic rings. The third kappa shape index (κ3) is 2.67. The number of hydrogen-bond acceptors (Lipinski definition) is 2. The van der Waals surface area contributed by atoms with Gasteiger partial charge < -0.3 is 10.2 Å². The van der Waals surface area contributed by atoms with Crippen molar-refractivity contribution >= 4 is 23.5 Å². The number of thioether (sulfide) groups is 1. The molecule has 4 heteroatoms. The van der Waals surface area contributed by atoms with Crippen LogP contribution in [0.1, 0.15) is 0 Å². The molecule has 1 N–H and O–H groups in total. The minimum atomic E-state index is -0.105. The van der Waals surface area contributed by atoms with Crippen molar-refractivity contribution in [2.75, 3.05) is 25.7 Å². The summed E-state index contributed by atoms with van der Waals surface area (Å²) in [6, 6.07) is 7.64. The van der Waals surface area contributed by atoms with Crippen LogP contribution < -0.4 is 5.32 Å². The van der Waals surface area contributed by atoms with Crippen molar-refractivity contribution in [3.05, 3.63) is 24.3 Å². The van der Waals surface area contributed by atoms with E-state index in [0.29, 0.717) is 0 Å². The molecule has 3 nitrogen and oxygen atoms in total. The number of nitrogens with zero attached hydrogens (tertiary/aromatic N) is 1. The first-order chi connectivity index (χ1) is 6.65. The first-order valence-corrected chi connectivity index (χ1v) is 5.49. The SMILES string of the molecule is CSc1ccccc1NC(=O)N(C)C. The molecule has 14 heavy (non-hydrogen) atoms. The van der Waals surface area contributed by atoms with Crippen LogP contribution in [0.2, 0.25) is 0 Å². The lowest BCUT2D eigenvalue weighted by Gasteiger charge is -2.13. The van der Waals surface area contributed by atoms with Gasteiger partial charge in [0.25, 0.3) is 0 Å². The Balaban J connectivity index is 2.80. The van der Waals surface area contributed by atoms with Gasteiger partial charge in [-0.2, -0.15) is 0 Å². The van der Waals surface area contributed by atoms with Gasteiger partial charge in [-0.1, -0.05) is 12.1 Å². The number of benzene rings is 1. The van der Waals surface area contributed by atoms with Gasteiger partial charge in [0.2, 0.25) is 0 Å². The third-order valence-corrected chi connectivity index (χ3v) is 2.55. The quantitative estimate of drug-likeness (QED) is 0.761. The summed E-state index contributed by atoms with van der Waals surface area (Å²) in [5, 5.41) is 2.83. The van der Waals surface area contributed by atoms with Crippen molar-refractivity contribution in [2.45, 2.75) is 4.90 Å². The smallest absolute Gasteiger partial charge is 0.321 e. The molecule has 0 saturated heterocycles. The van der Waals surface area contributed by atoms with E-state index in [-0.39, 0.29) is 6.03 Å².